The molecule has 3 rings (SSSR count). The first kappa shape index (κ1) is 19.4. The normalized spacial score (nSPS) is 10.5. The van der Waals surface area contributed by atoms with Gasteiger partial charge in [0, 0.05) is 16.7 Å². The molecule has 144 valence electrons. The lowest BCUT2D eigenvalue weighted by Gasteiger charge is -2.09. The number of halogens is 1. The van der Waals surface area contributed by atoms with E-state index in [1.165, 1.54) is 44.6 Å². The van der Waals surface area contributed by atoms with Crippen LogP contribution < -0.4 is 14.9 Å². The van der Waals surface area contributed by atoms with Crippen LogP contribution in [-0.4, -0.2) is 32.6 Å². The van der Waals surface area contributed by atoms with Crippen molar-refractivity contribution < 1.29 is 28.2 Å². The Kier molecular flexibility index (Phi) is 5.65. The van der Waals surface area contributed by atoms with Crippen molar-refractivity contribution in [3.63, 3.8) is 0 Å². The van der Waals surface area contributed by atoms with Crippen molar-refractivity contribution in [2.75, 3.05) is 20.8 Å². The summed E-state index contributed by atoms with van der Waals surface area (Å²) in [6, 6.07) is 10.0. The highest BCUT2D eigenvalue weighted by molar-refractivity contribution is 6.31. The standard InChI is InChI=1S/C20H15ClO7/c1-25-17-5-3-11(7-18(17)26-2)15(23)10-27-20(24)19-9-14(22)13-8-12(21)4-6-16(13)28-19/h3-9H,10H2,1-2H3. The Morgan fingerprint density at radius 2 is 1.75 bits per heavy atom. The molecule has 3 aromatic rings. The van der Waals surface area contributed by atoms with Crippen molar-refractivity contribution in [2.24, 2.45) is 0 Å². The summed E-state index contributed by atoms with van der Waals surface area (Å²) in [7, 11) is 2.92. The maximum Gasteiger partial charge on any atom is 0.374 e. The molecule has 28 heavy (non-hydrogen) atoms. The number of benzene rings is 2. The van der Waals surface area contributed by atoms with Gasteiger partial charge in [0.15, 0.2) is 29.3 Å². The van der Waals surface area contributed by atoms with E-state index in [0.717, 1.165) is 6.07 Å². The number of hydrogen-bond acceptors (Lipinski definition) is 7. The first-order valence-corrected chi connectivity index (χ1v) is 8.46. The lowest BCUT2D eigenvalue weighted by molar-refractivity contribution is 0.0444. The molecule has 0 amide bonds. The van der Waals surface area contributed by atoms with Crippen LogP contribution in [0.1, 0.15) is 20.9 Å². The van der Waals surface area contributed by atoms with Crippen molar-refractivity contribution in [2.45, 2.75) is 0 Å². The molecule has 0 saturated carbocycles. The molecule has 0 aliphatic heterocycles. The van der Waals surface area contributed by atoms with Gasteiger partial charge in [-0.3, -0.25) is 9.59 Å². The molecule has 0 saturated heterocycles. The van der Waals surface area contributed by atoms with Crippen LogP contribution in [0.15, 0.2) is 51.7 Å². The fourth-order valence-corrected chi connectivity index (χ4v) is 2.70. The third-order valence-corrected chi connectivity index (χ3v) is 4.17. The lowest BCUT2D eigenvalue weighted by atomic mass is 10.1. The Morgan fingerprint density at radius 1 is 1.00 bits per heavy atom. The van der Waals surface area contributed by atoms with Crippen molar-refractivity contribution in [3.8, 4) is 11.5 Å². The van der Waals surface area contributed by atoms with Crippen LogP contribution in [0.25, 0.3) is 11.0 Å². The van der Waals surface area contributed by atoms with E-state index in [-0.39, 0.29) is 22.3 Å². The summed E-state index contributed by atoms with van der Waals surface area (Å²) >= 11 is 5.85. The smallest absolute Gasteiger partial charge is 0.374 e. The van der Waals surface area contributed by atoms with Crippen LogP contribution in [0.4, 0.5) is 0 Å². The summed E-state index contributed by atoms with van der Waals surface area (Å²) in [5, 5.41) is 0.612. The molecular formula is C20H15ClO7. The highest BCUT2D eigenvalue weighted by Gasteiger charge is 2.17. The first-order valence-electron chi connectivity index (χ1n) is 8.08. The van der Waals surface area contributed by atoms with Crippen LogP contribution in [-0.2, 0) is 4.74 Å². The number of methoxy groups -OCH3 is 2. The second-order valence-corrected chi connectivity index (χ2v) is 6.12. The van der Waals surface area contributed by atoms with Gasteiger partial charge in [0.1, 0.15) is 5.58 Å². The molecule has 7 nitrogen and oxygen atoms in total. The first-order chi connectivity index (χ1) is 13.4. The van der Waals surface area contributed by atoms with E-state index >= 15 is 0 Å². The van der Waals surface area contributed by atoms with Crippen LogP contribution >= 0.6 is 11.6 Å². The minimum Gasteiger partial charge on any atom is -0.493 e. The molecular weight excluding hydrogens is 388 g/mol. The van der Waals surface area contributed by atoms with Gasteiger partial charge in [-0.25, -0.2) is 4.79 Å². The van der Waals surface area contributed by atoms with E-state index in [1.54, 1.807) is 6.07 Å². The Morgan fingerprint density at radius 3 is 2.46 bits per heavy atom. The van der Waals surface area contributed by atoms with Crippen molar-refractivity contribution >= 4 is 34.3 Å². The van der Waals surface area contributed by atoms with E-state index in [9.17, 15) is 14.4 Å². The summed E-state index contributed by atoms with van der Waals surface area (Å²) in [6.45, 7) is -0.531. The predicted molar refractivity (Wildman–Crippen MR) is 102 cm³/mol. The Bertz CT molecular complexity index is 1120. The van der Waals surface area contributed by atoms with Crippen molar-refractivity contribution in [3.05, 3.63) is 69.0 Å². The number of ketones is 1. The van der Waals surface area contributed by atoms with Crippen LogP contribution in [0.5, 0.6) is 11.5 Å². The number of rotatable bonds is 6. The fraction of sp³-hybridized carbons (Fsp3) is 0.150. The number of hydrogen-bond donors (Lipinski definition) is 0. The third-order valence-electron chi connectivity index (χ3n) is 3.93. The highest BCUT2D eigenvalue weighted by Crippen LogP contribution is 2.27. The maximum absolute atomic E-state index is 12.3. The van der Waals surface area contributed by atoms with Crippen LogP contribution in [0.2, 0.25) is 5.02 Å². The molecule has 0 atom stereocenters. The van der Waals surface area contributed by atoms with Gasteiger partial charge in [-0.2, -0.15) is 0 Å². The molecule has 0 spiro atoms. The molecule has 0 N–H and O–H groups in total. The van der Waals surface area contributed by atoms with E-state index in [4.69, 9.17) is 30.2 Å². The molecule has 1 heterocycles. The summed E-state index contributed by atoms with van der Waals surface area (Å²) in [5.41, 5.74) is 0.0250. The average Bonchev–Trinajstić information content (AvgIpc) is 2.71. The summed E-state index contributed by atoms with van der Waals surface area (Å²) in [6.07, 6.45) is 0. The second kappa shape index (κ2) is 8.14. The molecule has 0 unspecified atom stereocenters. The largest absolute Gasteiger partial charge is 0.493 e. The van der Waals surface area contributed by atoms with Gasteiger partial charge in [-0.1, -0.05) is 11.6 Å². The molecule has 8 heteroatoms. The molecule has 1 aromatic heterocycles. The minimum atomic E-state index is -0.928. The van der Waals surface area contributed by atoms with E-state index in [2.05, 4.69) is 0 Å². The number of esters is 1. The minimum absolute atomic E-state index is 0.190. The van der Waals surface area contributed by atoms with Gasteiger partial charge in [0.05, 0.1) is 19.6 Å². The highest BCUT2D eigenvalue weighted by atomic mass is 35.5. The van der Waals surface area contributed by atoms with E-state index < -0.39 is 23.8 Å². The SMILES string of the molecule is COc1ccc(C(=O)COC(=O)c2cc(=O)c3cc(Cl)ccc3o2)cc1OC. The summed E-state index contributed by atoms with van der Waals surface area (Å²) in [5.74, 6) is -0.847. The van der Waals surface area contributed by atoms with E-state index in [1.807, 2.05) is 0 Å². The number of carbonyl (C=O) groups is 2. The third kappa shape index (κ3) is 3.99. The van der Waals surface area contributed by atoms with Crippen LogP contribution in [0.3, 0.4) is 0 Å². The molecule has 2 aromatic carbocycles. The monoisotopic (exact) mass is 402 g/mol. The van der Waals surface area contributed by atoms with Crippen molar-refractivity contribution in [1.29, 1.82) is 0 Å². The number of Topliss-reactive ketones (excluding diaryl/α,β-unsaturated/α-hetero) is 1. The van der Waals surface area contributed by atoms with Gasteiger partial charge >= 0.3 is 5.97 Å². The zero-order valence-electron chi connectivity index (χ0n) is 15.0. The molecule has 0 aliphatic rings. The Hall–Kier alpha value is -3.32. The molecule has 0 aliphatic carbocycles. The zero-order chi connectivity index (χ0) is 20.3. The zero-order valence-corrected chi connectivity index (χ0v) is 15.7. The Balaban J connectivity index is 1.75. The number of ether oxygens (including phenoxy) is 3. The summed E-state index contributed by atoms with van der Waals surface area (Å²) in [4.78, 5) is 36.6. The molecule has 0 radical (unpaired) electrons. The maximum atomic E-state index is 12.3. The topological polar surface area (TPSA) is 92.0 Å². The van der Waals surface area contributed by atoms with Gasteiger partial charge in [0.2, 0.25) is 5.76 Å². The van der Waals surface area contributed by atoms with Gasteiger partial charge in [0.25, 0.3) is 0 Å². The van der Waals surface area contributed by atoms with Crippen molar-refractivity contribution in [1.82, 2.24) is 0 Å². The average molecular weight is 403 g/mol. The number of fused-ring (bicyclic) bond motifs is 1. The predicted octanol–water partition coefficient (Wildman–Crippen LogP) is 3.50. The Labute approximate surface area is 164 Å². The lowest BCUT2D eigenvalue weighted by Crippen LogP contribution is -2.16. The number of carbonyl (C=O) groups excluding carboxylic acids is 2. The fourth-order valence-electron chi connectivity index (χ4n) is 2.52. The van der Waals surface area contributed by atoms with Gasteiger partial charge in [-0.05, 0) is 36.4 Å². The molecule has 0 bridgehead atoms. The molecule has 0 fully saturated rings. The van der Waals surface area contributed by atoms with Crippen LogP contribution in [0, 0.1) is 0 Å². The quantitative estimate of drug-likeness (QED) is 0.460. The second-order valence-electron chi connectivity index (χ2n) is 5.68. The van der Waals surface area contributed by atoms with E-state index in [0.29, 0.717) is 16.5 Å². The van der Waals surface area contributed by atoms with Gasteiger partial charge in [-0.15, -0.1) is 0 Å². The summed E-state index contributed by atoms with van der Waals surface area (Å²) < 4.78 is 20.6. The van der Waals surface area contributed by atoms with Gasteiger partial charge < -0.3 is 18.6 Å².